The maximum absolute atomic E-state index is 13.5. The van der Waals surface area contributed by atoms with Gasteiger partial charge in [0.1, 0.15) is 12.2 Å². The summed E-state index contributed by atoms with van der Waals surface area (Å²) in [6.07, 6.45) is 0.998. The SMILES string of the molecule is O=c1n(-c2ccccc2)c(=O)n2n1[C@H]1[C@H]3C4C5[C@]16[C@@H]1O[C@@H]1[C@@H]1O[C@H]1[C@]56[C@@H]2[C@@H]43. The fourth-order valence-corrected chi connectivity index (χ4v) is 9.63. The van der Waals surface area contributed by atoms with Crippen LogP contribution in [0.15, 0.2) is 39.9 Å². The van der Waals surface area contributed by atoms with Crippen molar-refractivity contribution in [1.29, 1.82) is 0 Å². The lowest BCUT2D eigenvalue weighted by Gasteiger charge is -2.48. The maximum atomic E-state index is 13.5. The number of para-hydroxylation sites is 1. The normalized spacial score (nSPS) is 61.6. The molecule has 0 radical (unpaired) electrons. The minimum Gasteiger partial charge on any atom is -0.366 e. The topological polar surface area (TPSA) is 74.0 Å². The summed E-state index contributed by atoms with van der Waals surface area (Å²) >= 11 is 0. The molecule has 1 aromatic heterocycles. The van der Waals surface area contributed by atoms with Gasteiger partial charge >= 0.3 is 11.4 Å². The lowest BCUT2D eigenvalue weighted by atomic mass is 9.64. The highest BCUT2D eigenvalue weighted by molar-refractivity contribution is 5.56. The van der Waals surface area contributed by atoms with Gasteiger partial charge in [-0.05, 0) is 35.8 Å². The summed E-state index contributed by atoms with van der Waals surface area (Å²) in [7, 11) is 0. The second-order valence-electron chi connectivity index (χ2n) is 9.93. The number of hydrogen-bond acceptors (Lipinski definition) is 4. The molecule has 5 saturated carbocycles. The molecule has 5 aliphatic carbocycles. The van der Waals surface area contributed by atoms with Crippen molar-refractivity contribution in [2.75, 3.05) is 0 Å². The van der Waals surface area contributed by atoms with Crippen molar-refractivity contribution in [2.24, 2.45) is 34.5 Å². The van der Waals surface area contributed by atoms with Crippen molar-refractivity contribution >= 4 is 0 Å². The van der Waals surface area contributed by atoms with Gasteiger partial charge in [0, 0.05) is 10.8 Å². The van der Waals surface area contributed by atoms with E-state index in [-0.39, 0.29) is 58.7 Å². The minimum absolute atomic E-state index is 0.0726. The largest absolute Gasteiger partial charge is 0.366 e. The Labute approximate surface area is 152 Å². The van der Waals surface area contributed by atoms with Crippen molar-refractivity contribution in [3.05, 3.63) is 51.3 Å². The number of benzene rings is 1. The Bertz CT molecular complexity index is 1200. The van der Waals surface area contributed by atoms with Gasteiger partial charge in [-0.3, -0.25) is 0 Å². The molecule has 134 valence electrons. The first-order chi connectivity index (χ1) is 13.3. The summed E-state index contributed by atoms with van der Waals surface area (Å²) in [5.74, 6) is 2.44. The van der Waals surface area contributed by atoms with E-state index in [1.165, 1.54) is 4.57 Å². The van der Waals surface area contributed by atoms with E-state index in [0.29, 0.717) is 29.4 Å². The fourth-order valence-electron chi connectivity index (χ4n) is 9.63. The molecule has 1 aromatic carbocycles. The summed E-state index contributed by atoms with van der Waals surface area (Å²) in [5.41, 5.74) is 0.468. The molecule has 11 rings (SSSR count). The zero-order valence-corrected chi connectivity index (χ0v) is 14.1. The molecule has 27 heavy (non-hydrogen) atoms. The van der Waals surface area contributed by atoms with Crippen LogP contribution in [0.4, 0.5) is 0 Å². The molecule has 2 spiro atoms. The molecule has 0 N–H and O–H groups in total. The van der Waals surface area contributed by atoms with E-state index >= 15 is 0 Å². The maximum Gasteiger partial charge on any atom is 0.352 e. The molecule has 2 aromatic rings. The molecule has 0 amide bonds. The molecular weight excluding hydrogens is 346 g/mol. The average Bonchev–Trinajstić information content (AvgIpc) is 3.51. The third-order valence-electron chi connectivity index (χ3n) is 9.85. The van der Waals surface area contributed by atoms with Crippen LogP contribution in [-0.2, 0) is 9.47 Å². The molecule has 2 bridgehead atoms. The van der Waals surface area contributed by atoms with Gasteiger partial charge in [0.25, 0.3) is 0 Å². The Balaban J connectivity index is 1.34. The Morgan fingerprint density at radius 1 is 0.778 bits per heavy atom. The van der Waals surface area contributed by atoms with Crippen molar-refractivity contribution in [3.63, 3.8) is 0 Å². The van der Waals surface area contributed by atoms with Crippen LogP contribution >= 0.6 is 0 Å². The van der Waals surface area contributed by atoms with Gasteiger partial charge in [0.05, 0.1) is 30.0 Å². The van der Waals surface area contributed by atoms with E-state index < -0.39 is 0 Å². The van der Waals surface area contributed by atoms with Crippen molar-refractivity contribution in [2.45, 2.75) is 36.5 Å². The second kappa shape index (κ2) is 2.97. The number of hydrogen-bond donors (Lipinski definition) is 0. The first-order valence-electron chi connectivity index (χ1n) is 10.1. The van der Waals surface area contributed by atoms with E-state index in [9.17, 15) is 9.59 Å². The lowest BCUT2D eigenvalue weighted by molar-refractivity contribution is -0.0267. The van der Waals surface area contributed by atoms with Gasteiger partial charge in [-0.1, -0.05) is 18.2 Å². The molecular formula is C20H15N3O4. The summed E-state index contributed by atoms with van der Waals surface area (Å²) in [6.45, 7) is 0. The Hall–Kier alpha value is -2.12. The van der Waals surface area contributed by atoms with Crippen LogP contribution in [0.2, 0.25) is 0 Å². The number of nitrogens with zero attached hydrogens (tertiary/aromatic N) is 3. The molecule has 12 atom stereocenters. The van der Waals surface area contributed by atoms with Crippen molar-refractivity contribution < 1.29 is 9.47 Å². The van der Waals surface area contributed by atoms with Crippen LogP contribution in [0.3, 0.4) is 0 Å². The van der Waals surface area contributed by atoms with Crippen LogP contribution in [0.1, 0.15) is 12.1 Å². The van der Waals surface area contributed by atoms with Crippen LogP contribution in [0.5, 0.6) is 0 Å². The highest BCUT2D eigenvalue weighted by atomic mass is 16.7. The Kier molecular flexibility index (Phi) is 1.36. The van der Waals surface area contributed by atoms with Crippen LogP contribution < -0.4 is 11.4 Å². The van der Waals surface area contributed by atoms with Gasteiger partial charge < -0.3 is 9.47 Å². The lowest BCUT2D eigenvalue weighted by Crippen LogP contribution is -2.57. The van der Waals surface area contributed by atoms with Gasteiger partial charge in [0.15, 0.2) is 0 Å². The zero-order chi connectivity index (χ0) is 17.2. The monoisotopic (exact) mass is 361 g/mol. The molecule has 2 saturated heterocycles. The molecule has 7 heteroatoms. The Morgan fingerprint density at radius 2 is 1.33 bits per heavy atom. The second-order valence-corrected chi connectivity index (χ2v) is 9.93. The zero-order valence-electron chi connectivity index (χ0n) is 14.1. The molecule has 9 aliphatic rings. The molecule has 2 unspecified atom stereocenters. The highest BCUT2D eigenvalue weighted by Gasteiger charge is 3.11. The van der Waals surface area contributed by atoms with Gasteiger partial charge in [0.2, 0.25) is 0 Å². The van der Waals surface area contributed by atoms with Crippen molar-refractivity contribution in [3.8, 4) is 5.69 Å². The summed E-state index contributed by atoms with van der Waals surface area (Å²) < 4.78 is 17.4. The summed E-state index contributed by atoms with van der Waals surface area (Å²) in [4.78, 5) is 27.0. The van der Waals surface area contributed by atoms with Crippen LogP contribution in [0.25, 0.3) is 5.69 Å². The third kappa shape index (κ3) is 0.809. The summed E-state index contributed by atoms with van der Waals surface area (Å²) in [6, 6.07) is 9.60. The Morgan fingerprint density at radius 3 is 1.89 bits per heavy atom. The first-order valence-corrected chi connectivity index (χ1v) is 10.1. The molecule has 7 nitrogen and oxygen atoms in total. The van der Waals surface area contributed by atoms with E-state index in [1.54, 1.807) is 0 Å². The van der Waals surface area contributed by atoms with Crippen molar-refractivity contribution in [1.82, 2.24) is 13.9 Å². The van der Waals surface area contributed by atoms with Crippen LogP contribution in [0, 0.1) is 34.5 Å². The number of epoxide rings is 2. The first kappa shape index (κ1) is 12.4. The van der Waals surface area contributed by atoms with Gasteiger partial charge in [-0.25, -0.2) is 23.5 Å². The van der Waals surface area contributed by atoms with E-state index in [4.69, 9.17) is 9.47 Å². The third-order valence-corrected chi connectivity index (χ3v) is 9.85. The number of ether oxygens (including phenoxy) is 2. The van der Waals surface area contributed by atoms with E-state index in [0.717, 1.165) is 0 Å². The van der Waals surface area contributed by atoms with Crippen LogP contribution in [-0.4, -0.2) is 38.3 Å². The quantitative estimate of drug-likeness (QED) is 0.667. The number of aromatic nitrogens is 3. The van der Waals surface area contributed by atoms with Gasteiger partial charge in [-0.15, -0.1) is 0 Å². The number of rotatable bonds is 1. The molecule has 4 aliphatic heterocycles. The standard InChI is InChI=1S/C20H15N3O4/c24-17-21(6-4-2-1-3-5-6)18(25)23-14-9-7-8(9)13(22(17)23)19-12(7)20(14,19)16-11(27-16)10-15(19)26-10/h1-5,7-16H/t7?,8-,9-,10-,11+,12?,13-,14-,15+,16+,19+,20+/m0/s1. The smallest absolute Gasteiger partial charge is 0.352 e. The fraction of sp³-hybridized carbons (Fsp3) is 0.600. The average molecular weight is 361 g/mol. The van der Waals surface area contributed by atoms with E-state index in [2.05, 4.69) is 0 Å². The minimum atomic E-state index is -0.170. The predicted molar refractivity (Wildman–Crippen MR) is 88.5 cm³/mol. The van der Waals surface area contributed by atoms with Gasteiger partial charge in [-0.2, -0.15) is 0 Å². The highest BCUT2D eigenvalue weighted by Crippen LogP contribution is 3.07. The molecule has 7 fully saturated rings. The molecule has 5 heterocycles. The summed E-state index contributed by atoms with van der Waals surface area (Å²) in [5, 5.41) is 0. The van der Waals surface area contributed by atoms with E-state index in [1.807, 2.05) is 39.7 Å². The number of fused-ring (bicyclic) bond motifs is 3. The predicted octanol–water partition coefficient (Wildman–Crippen LogP) is -0.0631.